The molecule has 0 saturated carbocycles. The molecule has 206 valence electrons. The third-order valence-electron chi connectivity index (χ3n) is 7.80. The first-order valence-corrected chi connectivity index (χ1v) is 13.3. The SMILES string of the molecule is Cc1ccc(C2=C(c3ccc(CC4CN(CCCF)C4)cc3)c3ccc(C(=O)O)cc3CCC2)c(F)c1F.Cl. The number of halogens is 4. The number of rotatable bonds is 8. The summed E-state index contributed by atoms with van der Waals surface area (Å²) in [7, 11) is 0. The molecule has 2 aliphatic rings. The summed E-state index contributed by atoms with van der Waals surface area (Å²) in [6.07, 6.45) is 3.42. The van der Waals surface area contributed by atoms with Crippen LogP contribution in [-0.2, 0) is 12.8 Å². The Kier molecular flexibility index (Phi) is 9.19. The van der Waals surface area contributed by atoms with E-state index in [1.807, 2.05) is 12.1 Å². The van der Waals surface area contributed by atoms with Crippen molar-refractivity contribution in [2.24, 2.45) is 5.92 Å². The predicted octanol–water partition coefficient (Wildman–Crippen LogP) is 7.52. The van der Waals surface area contributed by atoms with Crippen LogP contribution in [0.15, 0.2) is 54.6 Å². The quantitative estimate of drug-likeness (QED) is 0.312. The number of carboxylic acids is 1. The van der Waals surface area contributed by atoms with Gasteiger partial charge in [-0.05, 0) is 96.0 Å². The number of likely N-dealkylation sites (tertiary alicyclic amines) is 1. The molecule has 1 aliphatic heterocycles. The van der Waals surface area contributed by atoms with Gasteiger partial charge in [-0.2, -0.15) is 0 Å². The second-order valence-corrected chi connectivity index (χ2v) is 10.5. The van der Waals surface area contributed by atoms with Crippen LogP contribution in [0.5, 0.6) is 0 Å². The molecule has 3 aromatic carbocycles. The first-order valence-electron chi connectivity index (χ1n) is 13.3. The molecule has 1 N–H and O–H groups in total. The lowest BCUT2D eigenvalue weighted by atomic mass is 9.85. The molecule has 0 radical (unpaired) electrons. The van der Waals surface area contributed by atoms with Gasteiger partial charge in [0.2, 0.25) is 0 Å². The van der Waals surface area contributed by atoms with Gasteiger partial charge in [-0.15, -0.1) is 12.4 Å². The van der Waals surface area contributed by atoms with Crippen LogP contribution < -0.4 is 0 Å². The first kappa shape index (κ1) is 28.9. The average molecular weight is 556 g/mol. The molecule has 1 aliphatic carbocycles. The zero-order valence-corrected chi connectivity index (χ0v) is 22.8. The van der Waals surface area contributed by atoms with E-state index in [4.69, 9.17) is 0 Å². The van der Waals surface area contributed by atoms with Gasteiger partial charge in [0.25, 0.3) is 0 Å². The number of benzene rings is 3. The van der Waals surface area contributed by atoms with Crippen LogP contribution in [0.25, 0.3) is 11.1 Å². The molecule has 0 atom stereocenters. The molecule has 0 aromatic heterocycles. The Hall–Kier alpha value is -3.09. The zero-order chi connectivity index (χ0) is 26.8. The summed E-state index contributed by atoms with van der Waals surface area (Å²) < 4.78 is 42.3. The molecule has 5 rings (SSSR count). The molecule has 7 heteroatoms. The average Bonchev–Trinajstić information content (AvgIpc) is 3.08. The summed E-state index contributed by atoms with van der Waals surface area (Å²) in [5, 5.41) is 9.53. The molecule has 1 saturated heterocycles. The lowest BCUT2D eigenvalue weighted by Gasteiger charge is -2.39. The number of carbonyl (C=O) groups is 1. The second-order valence-electron chi connectivity index (χ2n) is 10.5. The molecule has 39 heavy (non-hydrogen) atoms. The Morgan fingerprint density at radius 2 is 1.69 bits per heavy atom. The fraction of sp³-hybridized carbons (Fsp3) is 0.344. The minimum atomic E-state index is -0.988. The van der Waals surface area contributed by atoms with Gasteiger partial charge in [0.1, 0.15) is 0 Å². The number of aryl methyl sites for hydroxylation is 2. The van der Waals surface area contributed by atoms with Crippen molar-refractivity contribution in [3.8, 4) is 0 Å². The van der Waals surface area contributed by atoms with E-state index in [1.165, 1.54) is 5.56 Å². The maximum Gasteiger partial charge on any atom is 0.335 e. The van der Waals surface area contributed by atoms with E-state index in [0.717, 1.165) is 53.9 Å². The number of fused-ring (bicyclic) bond motifs is 1. The fourth-order valence-electron chi connectivity index (χ4n) is 5.81. The van der Waals surface area contributed by atoms with Crippen molar-refractivity contribution < 1.29 is 23.1 Å². The van der Waals surface area contributed by atoms with Gasteiger partial charge < -0.3 is 10.0 Å². The van der Waals surface area contributed by atoms with Crippen molar-refractivity contribution in [3.05, 3.63) is 105 Å². The summed E-state index contributed by atoms with van der Waals surface area (Å²) in [6.45, 7) is 4.04. The molecule has 3 nitrogen and oxygen atoms in total. The van der Waals surface area contributed by atoms with Gasteiger partial charge in [-0.3, -0.25) is 4.39 Å². The van der Waals surface area contributed by atoms with Crippen molar-refractivity contribution in [2.75, 3.05) is 26.3 Å². The van der Waals surface area contributed by atoms with E-state index in [0.29, 0.717) is 31.6 Å². The van der Waals surface area contributed by atoms with Crippen molar-refractivity contribution in [3.63, 3.8) is 0 Å². The molecule has 1 heterocycles. The summed E-state index contributed by atoms with van der Waals surface area (Å²) in [5.74, 6) is -2.12. The fourth-order valence-corrected chi connectivity index (χ4v) is 5.81. The maximum atomic E-state index is 15.3. The second kappa shape index (κ2) is 12.4. The largest absolute Gasteiger partial charge is 0.478 e. The summed E-state index contributed by atoms with van der Waals surface area (Å²) in [4.78, 5) is 13.9. The molecule has 0 bridgehead atoms. The number of aromatic carboxylic acids is 1. The Morgan fingerprint density at radius 1 is 0.974 bits per heavy atom. The highest BCUT2D eigenvalue weighted by Crippen LogP contribution is 2.41. The summed E-state index contributed by atoms with van der Waals surface area (Å²) in [5.41, 5.74) is 6.15. The summed E-state index contributed by atoms with van der Waals surface area (Å²) in [6, 6.07) is 16.6. The molecule has 0 unspecified atom stereocenters. The maximum absolute atomic E-state index is 15.3. The van der Waals surface area contributed by atoms with E-state index in [1.54, 1.807) is 37.3 Å². The van der Waals surface area contributed by atoms with Crippen LogP contribution in [0.4, 0.5) is 13.2 Å². The molecular formula is C32H33ClF3NO2. The van der Waals surface area contributed by atoms with Crippen LogP contribution in [0.2, 0.25) is 0 Å². The molecular weight excluding hydrogens is 523 g/mol. The standard InChI is InChI=1S/C32H32F3NO2.ClH/c1-20-6-12-28(31(35)30(20)34)27-5-2-4-24-17-25(32(37)38)11-13-26(24)29(27)23-9-7-21(8-10-23)16-22-18-36(19-22)15-3-14-33;/h6-13,17,22H,2-5,14-16,18-19H2,1H3,(H,37,38);1H. The zero-order valence-electron chi connectivity index (χ0n) is 22.0. The van der Waals surface area contributed by atoms with E-state index >= 15 is 4.39 Å². The predicted molar refractivity (Wildman–Crippen MR) is 151 cm³/mol. The Bertz CT molecular complexity index is 1380. The van der Waals surface area contributed by atoms with Gasteiger partial charge in [-0.25, -0.2) is 13.6 Å². The van der Waals surface area contributed by atoms with Crippen molar-refractivity contribution in [1.82, 2.24) is 4.90 Å². The highest BCUT2D eigenvalue weighted by atomic mass is 35.5. The lowest BCUT2D eigenvalue weighted by Crippen LogP contribution is -2.47. The number of nitrogens with zero attached hydrogens (tertiary/aromatic N) is 1. The number of hydrogen-bond donors (Lipinski definition) is 1. The van der Waals surface area contributed by atoms with E-state index in [9.17, 15) is 18.7 Å². The topological polar surface area (TPSA) is 40.5 Å². The minimum absolute atomic E-state index is 0. The van der Waals surface area contributed by atoms with Gasteiger partial charge in [0.15, 0.2) is 11.6 Å². The molecule has 1 fully saturated rings. The van der Waals surface area contributed by atoms with Gasteiger partial charge in [0.05, 0.1) is 12.2 Å². The van der Waals surface area contributed by atoms with Crippen molar-refractivity contribution in [1.29, 1.82) is 0 Å². The Balaban J connectivity index is 0.00000353. The number of alkyl halides is 1. The number of hydrogen-bond acceptors (Lipinski definition) is 2. The first-order chi connectivity index (χ1) is 18.4. The highest BCUT2D eigenvalue weighted by Gasteiger charge is 2.27. The minimum Gasteiger partial charge on any atom is -0.478 e. The van der Waals surface area contributed by atoms with Crippen LogP contribution in [0.3, 0.4) is 0 Å². The van der Waals surface area contributed by atoms with Crippen LogP contribution in [-0.4, -0.2) is 42.3 Å². The van der Waals surface area contributed by atoms with Gasteiger partial charge in [0, 0.05) is 25.2 Å². The van der Waals surface area contributed by atoms with Gasteiger partial charge >= 0.3 is 5.97 Å². The molecule has 0 amide bonds. The van der Waals surface area contributed by atoms with Crippen LogP contribution in [0.1, 0.15) is 63.0 Å². The highest BCUT2D eigenvalue weighted by molar-refractivity contribution is 6.00. The van der Waals surface area contributed by atoms with E-state index in [-0.39, 0.29) is 35.8 Å². The number of allylic oxidation sites excluding steroid dienone is 1. The molecule has 0 spiro atoms. The monoisotopic (exact) mass is 555 g/mol. The van der Waals surface area contributed by atoms with Crippen molar-refractivity contribution in [2.45, 2.75) is 39.0 Å². The van der Waals surface area contributed by atoms with E-state index < -0.39 is 17.6 Å². The summed E-state index contributed by atoms with van der Waals surface area (Å²) >= 11 is 0. The lowest BCUT2D eigenvalue weighted by molar-refractivity contribution is 0.0696. The Labute approximate surface area is 233 Å². The normalized spacial score (nSPS) is 15.8. The van der Waals surface area contributed by atoms with E-state index in [2.05, 4.69) is 17.0 Å². The van der Waals surface area contributed by atoms with Crippen molar-refractivity contribution >= 4 is 29.5 Å². The van der Waals surface area contributed by atoms with Gasteiger partial charge in [-0.1, -0.05) is 42.5 Å². The number of carboxylic acid groups (broad SMARTS) is 1. The smallest absolute Gasteiger partial charge is 0.335 e. The van der Waals surface area contributed by atoms with Crippen LogP contribution in [0, 0.1) is 24.5 Å². The molecule has 3 aromatic rings. The van der Waals surface area contributed by atoms with Crippen LogP contribution >= 0.6 is 12.4 Å². The third-order valence-corrected chi connectivity index (χ3v) is 7.80. The Morgan fingerprint density at radius 3 is 2.38 bits per heavy atom. The third kappa shape index (κ3) is 6.07.